The van der Waals surface area contributed by atoms with Crippen LogP contribution in [0.25, 0.3) is 0 Å². The Balaban J connectivity index is 2.79. The monoisotopic (exact) mass is 258 g/mol. The fraction of sp³-hybridized carbons (Fsp3) is 0.692. The molecule has 0 aromatic carbocycles. The van der Waals surface area contributed by atoms with Gasteiger partial charge in [-0.3, -0.25) is 0 Å². The minimum atomic E-state index is 0.366. The molecule has 0 atom stereocenters. The average Bonchev–Trinajstić information content (AvgIpc) is 2.01. The molecule has 0 amide bonds. The number of rotatable bonds is 0. The van der Waals surface area contributed by atoms with Crippen molar-refractivity contribution in [2.75, 3.05) is 0 Å². The second-order valence-corrected chi connectivity index (χ2v) is 8.25. The van der Waals surface area contributed by atoms with E-state index in [2.05, 4.69) is 53.7 Å². The number of hydrogen-bond donors (Lipinski definition) is 0. The predicted octanol–water partition coefficient (Wildman–Crippen LogP) is 3.95. The molecule has 1 heteroatoms. The Kier molecular flexibility index (Phi) is 3.33. The maximum absolute atomic E-state index is 2.43. The van der Waals surface area contributed by atoms with Crippen molar-refractivity contribution >= 4 is 15.0 Å². The topological polar surface area (TPSA) is 0 Å². The van der Waals surface area contributed by atoms with E-state index in [9.17, 15) is 0 Å². The van der Waals surface area contributed by atoms with Crippen LogP contribution in [0.15, 0.2) is 21.1 Å². The van der Waals surface area contributed by atoms with E-state index in [-0.39, 0.29) is 0 Å². The van der Waals surface area contributed by atoms with E-state index < -0.39 is 0 Å². The van der Waals surface area contributed by atoms with Crippen LogP contribution in [0.3, 0.4) is 0 Å². The summed E-state index contributed by atoms with van der Waals surface area (Å²) < 4.78 is 3.33. The molecule has 0 nitrogen and oxygen atoms in total. The quantitative estimate of drug-likeness (QED) is 0.576. The first kappa shape index (κ1) is 12.1. The Morgan fingerprint density at radius 3 is 1.50 bits per heavy atom. The molecule has 0 unspecified atom stereocenters. The number of allylic oxidation sites excluding steroid dienone is 4. The summed E-state index contributed by atoms with van der Waals surface area (Å²) in [5.41, 5.74) is 0.732. The Morgan fingerprint density at radius 1 is 0.857 bits per heavy atom. The average molecular weight is 257 g/mol. The molecule has 1 heterocycles. The van der Waals surface area contributed by atoms with Gasteiger partial charge in [0, 0.05) is 0 Å². The number of hydrogen-bond acceptors (Lipinski definition) is 0. The predicted molar refractivity (Wildman–Crippen MR) is 65.4 cm³/mol. The summed E-state index contributed by atoms with van der Waals surface area (Å²) in [6, 6.07) is 0. The molecule has 0 N–H and O–H groups in total. The van der Waals surface area contributed by atoms with Crippen LogP contribution in [-0.2, 0) is 0 Å². The van der Waals surface area contributed by atoms with E-state index in [1.54, 1.807) is 8.94 Å². The van der Waals surface area contributed by atoms with Crippen LogP contribution < -0.4 is 0 Å². The molecule has 0 bridgehead atoms. The van der Waals surface area contributed by atoms with Crippen LogP contribution in [0.5, 0.6) is 0 Å². The van der Waals surface area contributed by atoms with Crippen molar-refractivity contribution in [1.82, 2.24) is 0 Å². The van der Waals surface area contributed by atoms with Gasteiger partial charge in [0.2, 0.25) is 0 Å². The zero-order valence-electron chi connectivity index (χ0n) is 10.3. The molecule has 0 aromatic heterocycles. The van der Waals surface area contributed by atoms with Crippen LogP contribution in [0.2, 0.25) is 0 Å². The summed E-state index contributed by atoms with van der Waals surface area (Å²) in [5, 5.41) is 0. The van der Waals surface area contributed by atoms with Gasteiger partial charge in [0.05, 0.1) is 0 Å². The van der Waals surface area contributed by atoms with Gasteiger partial charge < -0.3 is 0 Å². The Bertz CT molecular complexity index is 241. The van der Waals surface area contributed by atoms with Gasteiger partial charge in [-0.25, -0.2) is 0 Å². The molecule has 0 radical (unpaired) electrons. The van der Waals surface area contributed by atoms with Crippen molar-refractivity contribution in [3.8, 4) is 0 Å². The van der Waals surface area contributed by atoms with E-state index in [4.69, 9.17) is 0 Å². The normalized spacial score (nSPS) is 19.0. The van der Waals surface area contributed by atoms with Crippen molar-refractivity contribution in [1.29, 1.82) is 0 Å². The minimum absolute atomic E-state index is 0.366. The first-order valence-corrected chi connectivity index (χ1v) is 7.02. The second-order valence-electron chi connectivity index (χ2n) is 5.97. The fourth-order valence-corrected chi connectivity index (χ4v) is 3.93. The second kappa shape index (κ2) is 3.87. The van der Waals surface area contributed by atoms with Crippen molar-refractivity contribution < 1.29 is 0 Å². The van der Waals surface area contributed by atoms with E-state index in [0.29, 0.717) is 25.8 Å². The molecule has 80 valence electrons. The van der Waals surface area contributed by atoms with Gasteiger partial charge >= 0.3 is 94.8 Å². The Morgan fingerprint density at radius 2 is 1.21 bits per heavy atom. The molecule has 14 heavy (non-hydrogen) atoms. The molecular weight excluding hydrogens is 235 g/mol. The molecule has 0 aliphatic carbocycles. The molecule has 1 aliphatic rings. The Hall–Kier alpha value is -0.000519. The van der Waals surface area contributed by atoms with Crippen molar-refractivity contribution in [2.24, 2.45) is 10.8 Å². The van der Waals surface area contributed by atoms with E-state index in [1.165, 1.54) is 0 Å². The third kappa shape index (κ3) is 3.00. The van der Waals surface area contributed by atoms with Crippen LogP contribution in [0.4, 0.5) is 0 Å². The van der Waals surface area contributed by atoms with Gasteiger partial charge in [0.25, 0.3) is 0 Å². The van der Waals surface area contributed by atoms with Crippen molar-refractivity contribution in [3.63, 3.8) is 0 Å². The van der Waals surface area contributed by atoms with Crippen LogP contribution in [0, 0.1) is 10.8 Å². The molecule has 0 spiro atoms. The molecule has 0 fully saturated rings. The zero-order chi connectivity index (χ0) is 11.0. The van der Waals surface area contributed by atoms with Crippen LogP contribution in [-0.4, -0.2) is 15.0 Å². The molecule has 0 aromatic rings. The van der Waals surface area contributed by atoms with Gasteiger partial charge in [0.15, 0.2) is 0 Å². The summed E-state index contributed by atoms with van der Waals surface area (Å²) >= 11 is 0.578. The SMILES string of the molecule is CC(C)(C)C1=CCC=C(C(C)(C)C)[Se]1. The van der Waals surface area contributed by atoms with Crippen LogP contribution >= 0.6 is 0 Å². The van der Waals surface area contributed by atoms with Gasteiger partial charge in [-0.1, -0.05) is 0 Å². The van der Waals surface area contributed by atoms with Crippen LogP contribution in [0.1, 0.15) is 48.0 Å². The third-order valence-corrected chi connectivity index (χ3v) is 6.50. The maximum atomic E-state index is 2.43. The van der Waals surface area contributed by atoms with E-state index >= 15 is 0 Å². The van der Waals surface area contributed by atoms with Gasteiger partial charge in [-0.15, -0.1) is 0 Å². The zero-order valence-corrected chi connectivity index (χ0v) is 12.0. The summed E-state index contributed by atoms with van der Waals surface area (Å²) in [4.78, 5) is 0. The fourth-order valence-electron chi connectivity index (χ4n) is 1.39. The molecule has 1 aliphatic heterocycles. The van der Waals surface area contributed by atoms with Gasteiger partial charge in [-0.05, 0) is 0 Å². The molecule has 0 saturated heterocycles. The first-order chi connectivity index (χ1) is 6.21. The summed E-state index contributed by atoms with van der Waals surface area (Å²) in [7, 11) is 0. The standard InChI is InChI=1S/C13H22Se/c1-12(2,3)10-8-7-9-11(14-10)13(4,5)6/h8-9H,7H2,1-6H3. The molecular formula is C13H22Se. The summed E-state index contributed by atoms with van der Waals surface area (Å²) in [6.45, 7) is 14.0. The van der Waals surface area contributed by atoms with Crippen molar-refractivity contribution in [3.05, 3.63) is 21.1 Å². The van der Waals surface area contributed by atoms with Gasteiger partial charge in [0.1, 0.15) is 0 Å². The summed E-state index contributed by atoms with van der Waals surface area (Å²) in [5.74, 6) is 0. The third-order valence-electron chi connectivity index (χ3n) is 2.30. The van der Waals surface area contributed by atoms with E-state index in [1.807, 2.05) is 0 Å². The first-order valence-electron chi connectivity index (χ1n) is 5.30. The van der Waals surface area contributed by atoms with Gasteiger partial charge in [-0.2, -0.15) is 0 Å². The van der Waals surface area contributed by atoms with Crippen molar-refractivity contribution in [2.45, 2.75) is 48.0 Å². The van der Waals surface area contributed by atoms with E-state index in [0.717, 1.165) is 6.42 Å². The molecule has 1 rings (SSSR count). The Labute approximate surface area is 95.0 Å². The molecule has 0 saturated carbocycles. The summed E-state index contributed by atoms with van der Waals surface area (Å²) in [6.07, 6.45) is 5.99.